The maximum atomic E-state index is 11.7. The Hall–Kier alpha value is -1.82. The van der Waals surface area contributed by atoms with Gasteiger partial charge in [-0.05, 0) is 32.9 Å². The second kappa shape index (κ2) is 7.09. The van der Waals surface area contributed by atoms with Crippen molar-refractivity contribution < 1.29 is 14.7 Å². The van der Waals surface area contributed by atoms with E-state index in [4.69, 9.17) is 5.11 Å². The van der Waals surface area contributed by atoms with Crippen LogP contribution in [0.3, 0.4) is 0 Å². The maximum absolute atomic E-state index is 11.7. The minimum Gasteiger partial charge on any atom is -0.480 e. The molecule has 1 rings (SSSR count). The largest absolute Gasteiger partial charge is 0.480 e. The van der Waals surface area contributed by atoms with E-state index in [-0.39, 0.29) is 24.3 Å². The molecule has 0 aliphatic carbocycles. The molecule has 4 N–H and O–H groups in total. The van der Waals surface area contributed by atoms with E-state index in [1.165, 1.54) is 0 Å². The van der Waals surface area contributed by atoms with Gasteiger partial charge < -0.3 is 20.7 Å². The number of rotatable bonds is 7. The number of H-pyrrole nitrogens is 1. The van der Waals surface area contributed by atoms with Gasteiger partial charge in [0, 0.05) is 36.8 Å². The predicted molar refractivity (Wildman–Crippen MR) is 76.4 cm³/mol. The van der Waals surface area contributed by atoms with E-state index >= 15 is 0 Å². The van der Waals surface area contributed by atoms with Crippen molar-refractivity contribution in [1.82, 2.24) is 15.6 Å². The number of hydrogen-bond acceptors (Lipinski definition) is 3. The summed E-state index contributed by atoms with van der Waals surface area (Å²) in [6, 6.07) is 2.68. The second-order valence-corrected chi connectivity index (χ2v) is 5.78. The molecular weight excluding hydrogens is 258 g/mol. The smallest absolute Gasteiger partial charge is 0.326 e. The van der Waals surface area contributed by atoms with Gasteiger partial charge >= 0.3 is 5.97 Å². The first kappa shape index (κ1) is 16.2. The average Bonchev–Trinajstić information content (AvgIpc) is 2.79. The van der Waals surface area contributed by atoms with E-state index in [1.807, 2.05) is 20.8 Å². The number of aromatic amines is 1. The van der Waals surface area contributed by atoms with Crippen LogP contribution in [0.2, 0.25) is 0 Å². The van der Waals surface area contributed by atoms with Crippen LogP contribution >= 0.6 is 0 Å². The van der Waals surface area contributed by atoms with Crippen molar-refractivity contribution in [3.63, 3.8) is 0 Å². The van der Waals surface area contributed by atoms with Crippen LogP contribution < -0.4 is 10.6 Å². The monoisotopic (exact) mass is 281 g/mol. The molecule has 1 atom stereocenters. The number of carbonyl (C=O) groups is 2. The first-order valence-electron chi connectivity index (χ1n) is 6.67. The Kier molecular flexibility index (Phi) is 5.76. The van der Waals surface area contributed by atoms with Crippen LogP contribution in [-0.4, -0.2) is 40.1 Å². The van der Waals surface area contributed by atoms with Crippen molar-refractivity contribution in [3.05, 3.63) is 24.0 Å². The molecule has 20 heavy (non-hydrogen) atoms. The minimum atomic E-state index is -1.03. The lowest BCUT2D eigenvalue weighted by Crippen LogP contribution is -2.44. The third-order valence-corrected chi connectivity index (χ3v) is 2.73. The molecule has 0 saturated carbocycles. The summed E-state index contributed by atoms with van der Waals surface area (Å²) in [4.78, 5) is 25.8. The molecule has 112 valence electrons. The van der Waals surface area contributed by atoms with E-state index in [1.54, 1.807) is 18.3 Å². The lowest BCUT2D eigenvalue weighted by Gasteiger charge is -2.20. The van der Waals surface area contributed by atoms with Crippen molar-refractivity contribution in [2.75, 3.05) is 6.54 Å². The molecule has 0 radical (unpaired) electrons. The molecule has 1 aromatic rings. The van der Waals surface area contributed by atoms with Crippen molar-refractivity contribution in [3.8, 4) is 0 Å². The van der Waals surface area contributed by atoms with E-state index < -0.39 is 12.0 Å². The number of carbonyl (C=O) groups excluding carboxylic acids is 1. The normalized spacial score (nSPS) is 12.9. The molecule has 1 aromatic heterocycles. The standard InChI is InChI=1S/C14H23N3O3/c1-14(2,3)16-8-6-12(18)17-11(13(19)20)9-10-5-4-7-15-10/h4-5,7,11,15-16H,6,8-9H2,1-3H3,(H,17,18)(H,19,20). The first-order chi connectivity index (χ1) is 9.28. The SMILES string of the molecule is CC(C)(C)NCCC(=O)NC(Cc1ccc[nH]1)C(=O)O. The Morgan fingerprint density at radius 2 is 2.10 bits per heavy atom. The number of nitrogens with one attached hydrogen (secondary N) is 3. The molecule has 1 unspecified atom stereocenters. The van der Waals surface area contributed by atoms with Gasteiger partial charge in [-0.2, -0.15) is 0 Å². The Labute approximate surface area is 119 Å². The predicted octanol–water partition coefficient (Wildman–Crippen LogP) is 0.905. The molecule has 0 aromatic carbocycles. The number of aromatic nitrogens is 1. The van der Waals surface area contributed by atoms with Crippen LogP contribution in [0.1, 0.15) is 32.9 Å². The highest BCUT2D eigenvalue weighted by Gasteiger charge is 2.20. The molecule has 6 nitrogen and oxygen atoms in total. The summed E-state index contributed by atoms with van der Waals surface area (Å²) < 4.78 is 0. The first-order valence-corrected chi connectivity index (χ1v) is 6.67. The number of hydrogen-bond donors (Lipinski definition) is 4. The zero-order chi connectivity index (χ0) is 15.2. The molecule has 1 amide bonds. The van der Waals surface area contributed by atoms with Gasteiger partial charge in [-0.3, -0.25) is 4.79 Å². The van der Waals surface area contributed by atoms with Gasteiger partial charge in [0.25, 0.3) is 0 Å². The van der Waals surface area contributed by atoms with Gasteiger partial charge in [-0.15, -0.1) is 0 Å². The highest BCUT2D eigenvalue weighted by Crippen LogP contribution is 2.02. The van der Waals surface area contributed by atoms with Crippen LogP contribution in [0.5, 0.6) is 0 Å². The molecule has 0 bridgehead atoms. The van der Waals surface area contributed by atoms with Crippen molar-refractivity contribution >= 4 is 11.9 Å². The van der Waals surface area contributed by atoms with Gasteiger partial charge in [0.2, 0.25) is 5.91 Å². The van der Waals surface area contributed by atoms with Crippen LogP contribution in [0.15, 0.2) is 18.3 Å². The fourth-order valence-corrected chi connectivity index (χ4v) is 1.73. The van der Waals surface area contributed by atoms with Gasteiger partial charge in [0.15, 0.2) is 0 Å². The quantitative estimate of drug-likeness (QED) is 0.597. The van der Waals surface area contributed by atoms with Gasteiger partial charge in [0.1, 0.15) is 6.04 Å². The summed E-state index contributed by atoms with van der Waals surface area (Å²) in [7, 11) is 0. The summed E-state index contributed by atoms with van der Waals surface area (Å²) in [6.45, 7) is 6.55. The van der Waals surface area contributed by atoms with E-state index in [0.717, 1.165) is 5.69 Å². The summed E-state index contributed by atoms with van der Waals surface area (Å²) in [6.07, 6.45) is 2.23. The molecule has 6 heteroatoms. The number of carboxylic acids is 1. The molecule has 0 fully saturated rings. The second-order valence-electron chi connectivity index (χ2n) is 5.78. The summed E-state index contributed by atoms with van der Waals surface area (Å²) in [5, 5.41) is 14.9. The maximum Gasteiger partial charge on any atom is 0.326 e. The summed E-state index contributed by atoms with van der Waals surface area (Å²) in [5.74, 6) is -1.29. The lowest BCUT2D eigenvalue weighted by atomic mass is 10.1. The summed E-state index contributed by atoms with van der Waals surface area (Å²) in [5.41, 5.74) is 0.724. The minimum absolute atomic E-state index is 0.0588. The van der Waals surface area contributed by atoms with Crippen LogP contribution in [0, 0.1) is 0 Å². The van der Waals surface area contributed by atoms with Crippen molar-refractivity contribution in [2.45, 2.75) is 45.2 Å². The average molecular weight is 281 g/mol. The van der Waals surface area contributed by atoms with E-state index in [0.29, 0.717) is 6.54 Å². The van der Waals surface area contributed by atoms with E-state index in [2.05, 4.69) is 15.6 Å². The zero-order valence-electron chi connectivity index (χ0n) is 12.2. The highest BCUT2D eigenvalue weighted by molar-refractivity contribution is 5.83. The van der Waals surface area contributed by atoms with Crippen molar-refractivity contribution in [2.24, 2.45) is 0 Å². The Morgan fingerprint density at radius 3 is 2.60 bits per heavy atom. The topological polar surface area (TPSA) is 94.2 Å². The highest BCUT2D eigenvalue weighted by atomic mass is 16.4. The Morgan fingerprint density at radius 1 is 1.40 bits per heavy atom. The molecule has 1 heterocycles. The zero-order valence-corrected chi connectivity index (χ0v) is 12.2. The number of carboxylic acid groups (broad SMARTS) is 1. The van der Waals surface area contributed by atoms with Gasteiger partial charge in [0.05, 0.1) is 0 Å². The lowest BCUT2D eigenvalue weighted by molar-refractivity contribution is -0.141. The number of amides is 1. The molecule has 0 aliphatic heterocycles. The van der Waals surface area contributed by atoms with Gasteiger partial charge in [-0.25, -0.2) is 4.79 Å². The summed E-state index contributed by atoms with van der Waals surface area (Å²) >= 11 is 0. The Bertz CT molecular complexity index is 435. The molecule has 0 spiro atoms. The molecule has 0 aliphatic rings. The van der Waals surface area contributed by atoms with Crippen LogP contribution in [-0.2, 0) is 16.0 Å². The third-order valence-electron chi connectivity index (χ3n) is 2.73. The molecular formula is C14H23N3O3. The third kappa shape index (κ3) is 6.38. The fraction of sp³-hybridized carbons (Fsp3) is 0.571. The fourth-order valence-electron chi connectivity index (χ4n) is 1.73. The molecule has 0 saturated heterocycles. The van der Waals surface area contributed by atoms with Gasteiger partial charge in [-0.1, -0.05) is 0 Å². The van der Waals surface area contributed by atoms with Crippen LogP contribution in [0.25, 0.3) is 0 Å². The van der Waals surface area contributed by atoms with Crippen LogP contribution in [0.4, 0.5) is 0 Å². The Balaban J connectivity index is 2.41. The number of aliphatic carboxylic acids is 1. The van der Waals surface area contributed by atoms with E-state index in [9.17, 15) is 9.59 Å². The van der Waals surface area contributed by atoms with Crippen molar-refractivity contribution in [1.29, 1.82) is 0 Å².